The third kappa shape index (κ3) is 1.64. The number of amides is 1. The first-order valence-corrected chi connectivity index (χ1v) is 5.97. The molecule has 2 N–H and O–H groups in total. The number of fused-ring (bicyclic) bond motifs is 1. The van der Waals surface area contributed by atoms with Crippen molar-refractivity contribution in [2.75, 3.05) is 11.9 Å². The van der Waals surface area contributed by atoms with E-state index in [9.17, 15) is 4.79 Å². The van der Waals surface area contributed by atoms with E-state index < -0.39 is 0 Å². The minimum atomic E-state index is 0.0161. The van der Waals surface area contributed by atoms with Crippen LogP contribution in [0.25, 0.3) is 0 Å². The summed E-state index contributed by atoms with van der Waals surface area (Å²) in [6.07, 6.45) is 0. The van der Waals surface area contributed by atoms with Crippen molar-refractivity contribution < 1.29 is 4.79 Å². The Labute approximate surface area is 92.6 Å². The molecule has 1 saturated heterocycles. The Morgan fingerprint density at radius 3 is 3.00 bits per heavy atom. The molecule has 0 saturated carbocycles. The van der Waals surface area contributed by atoms with Gasteiger partial charge in [0.25, 0.3) is 0 Å². The summed E-state index contributed by atoms with van der Waals surface area (Å²) in [5.41, 5.74) is 2.23. The van der Waals surface area contributed by atoms with Gasteiger partial charge < -0.3 is 10.6 Å². The molecule has 0 bridgehead atoms. The van der Waals surface area contributed by atoms with Crippen LogP contribution in [-0.2, 0) is 4.79 Å². The molecule has 15 heavy (non-hydrogen) atoms. The summed E-state index contributed by atoms with van der Waals surface area (Å²) in [6.45, 7) is 2.98. The summed E-state index contributed by atoms with van der Waals surface area (Å²) >= 11 is 1.63. The summed E-state index contributed by atoms with van der Waals surface area (Å²) in [5, 5.41) is 6.22. The molecule has 2 aliphatic heterocycles. The third-order valence-corrected chi connectivity index (χ3v) is 3.92. The smallest absolute Gasteiger partial charge is 0.237 e. The quantitative estimate of drug-likeness (QED) is 0.709. The van der Waals surface area contributed by atoms with Gasteiger partial charge in [-0.3, -0.25) is 4.79 Å². The number of thioether (sulfide) groups is 1. The van der Waals surface area contributed by atoms with Crippen molar-refractivity contribution >= 4 is 23.4 Å². The minimum Gasteiger partial charge on any atom is -0.324 e. The van der Waals surface area contributed by atoms with Gasteiger partial charge >= 0.3 is 0 Å². The molecule has 2 atom stereocenters. The van der Waals surface area contributed by atoms with Crippen LogP contribution in [0.2, 0.25) is 0 Å². The van der Waals surface area contributed by atoms with E-state index in [4.69, 9.17) is 0 Å². The highest BCUT2D eigenvalue weighted by atomic mass is 32.2. The van der Waals surface area contributed by atoms with E-state index in [1.54, 1.807) is 11.8 Å². The average molecular weight is 220 g/mol. The van der Waals surface area contributed by atoms with Gasteiger partial charge in [-0.15, -0.1) is 11.8 Å². The fraction of sp³-hybridized carbons (Fsp3) is 0.364. The predicted octanol–water partition coefficient (Wildman–Crippen LogP) is 1.76. The molecule has 1 aromatic rings. The standard InChI is InChI=1S/C11H12N2OS/c1-6-11(14)13-8-4-7(9-5-12-9)2-3-10(8)15-6/h2-4,6,9,12H,5H2,1H3,(H,13,14). The lowest BCUT2D eigenvalue weighted by Crippen LogP contribution is -2.26. The van der Waals surface area contributed by atoms with Gasteiger partial charge in [-0.1, -0.05) is 6.07 Å². The lowest BCUT2D eigenvalue weighted by Gasteiger charge is -2.21. The second kappa shape index (κ2) is 3.25. The van der Waals surface area contributed by atoms with E-state index in [-0.39, 0.29) is 11.2 Å². The molecule has 1 fully saturated rings. The number of nitrogens with one attached hydrogen (secondary N) is 2. The molecule has 0 aliphatic carbocycles. The highest BCUT2D eigenvalue weighted by Gasteiger charge is 2.26. The predicted molar refractivity (Wildman–Crippen MR) is 61.1 cm³/mol. The maximum Gasteiger partial charge on any atom is 0.237 e. The van der Waals surface area contributed by atoms with Crippen LogP contribution in [-0.4, -0.2) is 17.7 Å². The van der Waals surface area contributed by atoms with Gasteiger partial charge in [0.15, 0.2) is 0 Å². The zero-order chi connectivity index (χ0) is 10.4. The number of rotatable bonds is 1. The number of anilines is 1. The lowest BCUT2D eigenvalue weighted by atomic mass is 10.1. The van der Waals surface area contributed by atoms with Crippen LogP contribution in [0.1, 0.15) is 18.5 Å². The Morgan fingerprint density at radius 2 is 2.27 bits per heavy atom. The number of hydrogen-bond acceptors (Lipinski definition) is 3. The number of carbonyl (C=O) groups is 1. The Bertz CT molecular complexity index is 429. The normalized spacial score (nSPS) is 28.2. The summed E-state index contributed by atoms with van der Waals surface area (Å²) in [4.78, 5) is 12.7. The van der Waals surface area contributed by atoms with E-state index in [0.717, 1.165) is 12.2 Å². The van der Waals surface area contributed by atoms with Crippen molar-refractivity contribution in [3.63, 3.8) is 0 Å². The van der Waals surface area contributed by atoms with Crippen molar-refractivity contribution in [3.8, 4) is 0 Å². The average Bonchev–Trinajstić information content (AvgIpc) is 3.02. The molecule has 78 valence electrons. The van der Waals surface area contributed by atoms with Gasteiger partial charge in [0, 0.05) is 17.5 Å². The van der Waals surface area contributed by atoms with Crippen molar-refractivity contribution in [3.05, 3.63) is 23.8 Å². The highest BCUT2D eigenvalue weighted by molar-refractivity contribution is 8.00. The van der Waals surface area contributed by atoms with Gasteiger partial charge in [0.05, 0.1) is 10.9 Å². The molecule has 0 radical (unpaired) electrons. The second-order valence-corrected chi connectivity index (χ2v) is 5.35. The topological polar surface area (TPSA) is 51.0 Å². The fourth-order valence-corrected chi connectivity index (χ4v) is 2.67. The monoisotopic (exact) mass is 220 g/mol. The Balaban J connectivity index is 1.97. The molecule has 1 amide bonds. The summed E-state index contributed by atoms with van der Waals surface area (Å²) in [6, 6.07) is 6.82. The molecule has 3 nitrogen and oxygen atoms in total. The van der Waals surface area contributed by atoms with Crippen molar-refractivity contribution in [1.29, 1.82) is 0 Å². The number of carbonyl (C=O) groups excluding carboxylic acids is 1. The van der Waals surface area contributed by atoms with Crippen LogP contribution in [0.5, 0.6) is 0 Å². The largest absolute Gasteiger partial charge is 0.324 e. The number of hydrogen-bond donors (Lipinski definition) is 2. The van der Waals surface area contributed by atoms with E-state index in [1.165, 1.54) is 10.5 Å². The van der Waals surface area contributed by atoms with Gasteiger partial charge in [-0.05, 0) is 24.6 Å². The Kier molecular flexibility index (Phi) is 2.00. The van der Waals surface area contributed by atoms with Crippen LogP contribution in [0, 0.1) is 0 Å². The SMILES string of the molecule is CC1Sc2ccc(C3CN3)cc2NC1=O. The van der Waals surface area contributed by atoms with Gasteiger partial charge in [0.2, 0.25) is 5.91 Å². The third-order valence-electron chi connectivity index (χ3n) is 2.75. The van der Waals surface area contributed by atoms with Crippen LogP contribution >= 0.6 is 11.8 Å². The van der Waals surface area contributed by atoms with Crippen LogP contribution in [0.4, 0.5) is 5.69 Å². The summed E-state index contributed by atoms with van der Waals surface area (Å²) in [7, 11) is 0. The molecular formula is C11H12N2OS. The summed E-state index contributed by atoms with van der Waals surface area (Å²) < 4.78 is 0. The molecule has 4 heteroatoms. The highest BCUT2D eigenvalue weighted by Crippen LogP contribution is 2.37. The molecule has 2 heterocycles. The van der Waals surface area contributed by atoms with E-state index >= 15 is 0 Å². The van der Waals surface area contributed by atoms with Crippen LogP contribution in [0.15, 0.2) is 23.1 Å². The maximum absolute atomic E-state index is 11.5. The number of benzene rings is 1. The Hall–Kier alpha value is -1.00. The summed E-state index contributed by atoms with van der Waals surface area (Å²) in [5.74, 6) is 0.105. The zero-order valence-electron chi connectivity index (χ0n) is 8.41. The molecule has 1 aromatic carbocycles. The fourth-order valence-electron chi connectivity index (χ4n) is 1.74. The Morgan fingerprint density at radius 1 is 1.47 bits per heavy atom. The van der Waals surface area contributed by atoms with E-state index in [1.807, 2.05) is 6.92 Å². The molecule has 2 unspecified atom stereocenters. The lowest BCUT2D eigenvalue weighted by molar-refractivity contribution is -0.115. The van der Waals surface area contributed by atoms with Gasteiger partial charge in [-0.25, -0.2) is 0 Å². The zero-order valence-corrected chi connectivity index (χ0v) is 9.23. The first-order chi connectivity index (χ1) is 7.24. The van der Waals surface area contributed by atoms with Gasteiger partial charge in [-0.2, -0.15) is 0 Å². The molecule has 0 spiro atoms. The van der Waals surface area contributed by atoms with Crippen molar-refractivity contribution in [2.45, 2.75) is 23.1 Å². The molecule has 0 aromatic heterocycles. The van der Waals surface area contributed by atoms with Gasteiger partial charge in [0.1, 0.15) is 0 Å². The minimum absolute atomic E-state index is 0.0161. The van der Waals surface area contributed by atoms with Crippen LogP contribution < -0.4 is 10.6 Å². The first kappa shape index (κ1) is 9.24. The van der Waals surface area contributed by atoms with E-state index in [2.05, 4.69) is 28.8 Å². The van der Waals surface area contributed by atoms with Crippen LogP contribution in [0.3, 0.4) is 0 Å². The maximum atomic E-state index is 11.5. The molecule has 2 aliphatic rings. The first-order valence-electron chi connectivity index (χ1n) is 5.09. The van der Waals surface area contributed by atoms with Crippen molar-refractivity contribution in [1.82, 2.24) is 5.32 Å². The molecule has 3 rings (SSSR count). The second-order valence-electron chi connectivity index (χ2n) is 3.97. The van der Waals surface area contributed by atoms with E-state index in [0.29, 0.717) is 6.04 Å². The van der Waals surface area contributed by atoms with Crippen molar-refractivity contribution in [2.24, 2.45) is 0 Å². The molecular weight excluding hydrogens is 208 g/mol.